The lowest BCUT2D eigenvalue weighted by Gasteiger charge is -2.14. The molecule has 0 aliphatic carbocycles. The van der Waals surface area contributed by atoms with Gasteiger partial charge >= 0.3 is 0 Å². The fraction of sp³-hybridized carbons (Fsp3) is 0.167. The van der Waals surface area contributed by atoms with E-state index in [0.29, 0.717) is 33.8 Å². The van der Waals surface area contributed by atoms with Crippen LogP contribution in [-0.4, -0.2) is 28.9 Å². The highest BCUT2D eigenvalue weighted by Crippen LogP contribution is 2.34. The highest BCUT2D eigenvalue weighted by Gasteiger charge is 2.16. The van der Waals surface area contributed by atoms with Gasteiger partial charge < -0.3 is 20.0 Å². The maximum atomic E-state index is 13.5. The van der Waals surface area contributed by atoms with E-state index >= 15 is 0 Å². The monoisotopic (exact) mass is 360 g/mol. The average molecular weight is 360 g/mol. The quantitative estimate of drug-likeness (QED) is 0.684. The summed E-state index contributed by atoms with van der Waals surface area (Å²) in [6.45, 7) is 0.553. The van der Waals surface area contributed by atoms with Crippen LogP contribution in [0.15, 0.2) is 52.2 Å². The zero-order valence-corrected chi connectivity index (χ0v) is 14.4. The molecule has 0 bridgehead atoms. The Labute approximate surface area is 146 Å². The molecule has 5 nitrogen and oxygen atoms in total. The number of nitrogens with two attached hydrogens (primary N) is 1. The predicted molar refractivity (Wildman–Crippen MR) is 96.8 cm³/mol. The number of pyridine rings is 1. The van der Waals surface area contributed by atoms with Crippen LogP contribution in [0.1, 0.15) is 0 Å². The standard InChI is InChI=1S/C18H17FN2O3S/c1-25(23)13-5-2-11(3-6-13)16-17(24-9-8-20)14-7-4-12(19)10-15(14)18(22)21-16/h2-7,10H,8-9,20H2,1H3,(H,21,22). The topological polar surface area (TPSA) is 91.2 Å². The van der Waals surface area contributed by atoms with E-state index in [1.54, 1.807) is 30.5 Å². The number of aromatic nitrogens is 1. The molecule has 25 heavy (non-hydrogen) atoms. The minimum Gasteiger partial charge on any atom is -0.612 e. The Kier molecular flexibility index (Phi) is 5.08. The molecule has 3 aromatic rings. The number of benzene rings is 2. The number of nitrogens with one attached hydrogen (secondary N) is 1. The number of fused-ring (bicyclic) bond motifs is 1. The Hall–Kier alpha value is -2.35. The number of aromatic amines is 1. The van der Waals surface area contributed by atoms with Crippen molar-refractivity contribution in [2.24, 2.45) is 5.73 Å². The van der Waals surface area contributed by atoms with E-state index in [1.807, 2.05) is 0 Å². The summed E-state index contributed by atoms with van der Waals surface area (Å²) in [5.74, 6) is -0.0595. The van der Waals surface area contributed by atoms with Crippen molar-refractivity contribution < 1.29 is 13.7 Å². The number of halogens is 1. The first kappa shape index (κ1) is 17.5. The normalized spacial score (nSPS) is 12.3. The van der Waals surface area contributed by atoms with Gasteiger partial charge in [-0.05, 0) is 53.6 Å². The lowest BCUT2D eigenvalue weighted by Crippen LogP contribution is -2.15. The van der Waals surface area contributed by atoms with Crippen molar-refractivity contribution in [1.29, 1.82) is 0 Å². The molecule has 1 heterocycles. The summed E-state index contributed by atoms with van der Waals surface area (Å²) in [5, 5.41) is 0.721. The van der Waals surface area contributed by atoms with E-state index in [4.69, 9.17) is 10.5 Å². The first-order valence-electron chi connectivity index (χ1n) is 7.63. The molecule has 7 heteroatoms. The molecule has 0 fully saturated rings. The van der Waals surface area contributed by atoms with Crippen molar-refractivity contribution in [1.82, 2.24) is 4.98 Å². The molecule has 1 unspecified atom stereocenters. The van der Waals surface area contributed by atoms with Gasteiger partial charge in [0.1, 0.15) is 18.7 Å². The van der Waals surface area contributed by atoms with Crippen molar-refractivity contribution in [2.45, 2.75) is 4.90 Å². The maximum Gasteiger partial charge on any atom is 0.256 e. The molecule has 0 aliphatic heterocycles. The summed E-state index contributed by atoms with van der Waals surface area (Å²) < 4.78 is 30.8. The van der Waals surface area contributed by atoms with Crippen LogP contribution < -0.4 is 16.0 Å². The summed E-state index contributed by atoms with van der Waals surface area (Å²) in [5.41, 5.74) is 6.29. The second-order valence-corrected chi connectivity index (χ2v) is 6.84. The lowest BCUT2D eigenvalue weighted by atomic mass is 10.1. The minimum atomic E-state index is -1.09. The fourth-order valence-corrected chi connectivity index (χ4v) is 3.12. The van der Waals surface area contributed by atoms with Crippen molar-refractivity contribution in [3.05, 3.63) is 58.6 Å². The molecule has 3 N–H and O–H groups in total. The molecule has 0 saturated carbocycles. The van der Waals surface area contributed by atoms with Gasteiger partial charge in [0.2, 0.25) is 0 Å². The zero-order chi connectivity index (χ0) is 18.0. The van der Waals surface area contributed by atoms with Crippen LogP contribution >= 0.6 is 0 Å². The average Bonchev–Trinajstić information content (AvgIpc) is 2.61. The third kappa shape index (κ3) is 3.53. The third-order valence-electron chi connectivity index (χ3n) is 3.78. The van der Waals surface area contributed by atoms with Crippen LogP contribution in [0.2, 0.25) is 0 Å². The molecule has 0 radical (unpaired) electrons. The Morgan fingerprint density at radius 2 is 1.92 bits per heavy atom. The smallest absolute Gasteiger partial charge is 0.256 e. The molecule has 0 aliphatic rings. The summed E-state index contributed by atoms with van der Waals surface area (Å²) in [6, 6.07) is 10.9. The first-order chi connectivity index (χ1) is 12.0. The van der Waals surface area contributed by atoms with Crippen LogP contribution in [-0.2, 0) is 11.2 Å². The van der Waals surface area contributed by atoms with Gasteiger partial charge in [-0.3, -0.25) is 4.79 Å². The molecular weight excluding hydrogens is 343 g/mol. The second-order valence-electron chi connectivity index (χ2n) is 5.46. The van der Waals surface area contributed by atoms with Gasteiger partial charge in [-0.15, -0.1) is 0 Å². The van der Waals surface area contributed by atoms with E-state index < -0.39 is 22.6 Å². The number of hydrogen-bond acceptors (Lipinski definition) is 4. The summed E-state index contributed by atoms with van der Waals surface area (Å²) >= 11 is -1.09. The van der Waals surface area contributed by atoms with Crippen LogP contribution in [0.3, 0.4) is 0 Å². The zero-order valence-electron chi connectivity index (χ0n) is 13.5. The van der Waals surface area contributed by atoms with E-state index in [9.17, 15) is 13.7 Å². The number of ether oxygens (including phenoxy) is 1. The number of hydrogen-bond donors (Lipinski definition) is 2. The minimum absolute atomic E-state index is 0.210. The van der Waals surface area contributed by atoms with Crippen LogP contribution in [0, 0.1) is 5.82 Å². The van der Waals surface area contributed by atoms with Gasteiger partial charge in [0.15, 0.2) is 10.6 Å². The van der Waals surface area contributed by atoms with Crippen molar-refractivity contribution >= 4 is 21.9 Å². The number of H-pyrrole nitrogens is 1. The van der Waals surface area contributed by atoms with E-state index in [-0.39, 0.29) is 12.0 Å². The second kappa shape index (κ2) is 7.26. The molecule has 0 amide bonds. The van der Waals surface area contributed by atoms with Crippen LogP contribution in [0.25, 0.3) is 22.0 Å². The predicted octanol–water partition coefficient (Wildman–Crippen LogP) is 2.41. The Bertz CT molecular complexity index is 955. The SMILES string of the molecule is C[S+]([O-])c1ccc(-c2[nH]c(=O)c3cc(F)ccc3c2OCCN)cc1. The molecule has 2 aromatic carbocycles. The van der Waals surface area contributed by atoms with E-state index in [2.05, 4.69) is 4.98 Å². The molecule has 0 saturated heterocycles. The van der Waals surface area contributed by atoms with Gasteiger partial charge in [-0.25, -0.2) is 4.39 Å². The fourth-order valence-electron chi connectivity index (χ4n) is 2.60. The highest BCUT2D eigenvalue weighted by molar-refractivity contribution is 7.90. The largest absolute Gasteiger partial charge is 0.612 e. The molecule has 3 rings (SSSR count). The molecule has 0 spiro atoms. The van der Waals surface area contributed by atoms with Gasteiger partial charge in [0, 0.05) is 17.5 Å². The Morgan fingerprint density at radius 3 is 2.56 bits per heavy atom. The highest BCUT2D eigenvalue weighted by atomic mass is 32.2. The maximum absolute atomic E-state index is 13.5. The Balaban J connectivity index is 2.22. The number of rotatable bonds is 5. The van der Waals surface area contributed by atoms with Crippen LogP contribution in [0.4, 0.5) is 4.39 Å². The van der Waals surface area contributed by atoms with Gasteiger partial charge in [0.25, 0.3) is 5.56 Å². The van der Waals surface area contributed by atoms with Gasteiger partial charge in [-0.2, -0.15) is 0 Å². The molecule has 1 aromatic heterocycles. The van der Waals surface area contributed by atoms with Gasteiger partial charge in [0.05, 0.1) is 11.1 Å². The van der Waals surface area contributed by atoms with Crippen molar-refractivity contribution in [3.8, 4) is 17.0 Å². The summed E-state index contributed by atoms with van der Waals surface area (Å²) in [6.07, 6.45) is 1.59. The first-order valence-corrected chi connectivity index (χ1v) is 9.19. The molecule has 130 valence electrons. The van der Waals surface area contributed by atoms with Crippen molar-refractivity contribution in [3.63, 3.8) is 0 Å². The van der Waals surface area contributed by atoms with Gasteiger partial charge in [-0.1, -0.05) is 0 Å². The van der Waals surface area contributed by atoms with Crippen LogP contribution in [0.5, 0.6) is 5.75 Å². The third-order valence-corrected chi connectivity index (χ3v) is 4.71. The summed E-state index contributed by atoms with van der Waals surface area (Å²) in [4.78, 5) is 15.8. The summed E-state index contributed by atoms with van der Waals surface area (Å²) in [7, 11) is 0. The molecule has 1 atom stereocenters. The lowest BCUT2D eigenvalue weighted by molar-refractivity contribution is 0.332. The Morgan fingerprint density at radius 1 is 1.20 bits per heavy atom. The van der Waals surface area contributed by atoms with Crippen molar-refractivity contribution in [2.75, 3.05) is 19.4 Å². The van der Waals surface area contributed by atoms with E-state index in [1.165, 1.54) is 18.2 Å². The molecular formula is C18H17FN2O3S. The van der Waals surface area contributed by atoms with E-state index in [0.717, 1.165) is 0 Å².